The molecule has 1 heterocycles. The van der Waals surface area contributed by atoms with Gasteiger partial charge in [0.2, 0.25) is 0 Å². The minimum absolute atomic E-state index is 0.623. The molecule has 1 amide bonds. The van der Waals surface area contributed by atoms with Crippen LogP contribution < -0.4 is 5.32 Å². The molecule has 10 heavy (non-hydrogen) atoms. The molecule has 1 rings (SSSR count). The first-order chi connectivity index (χ1) is 4.50. The van der Waals surface area contributed by atoms with Crippen molar-refractivity contribution in [1.82, 2.24) is 5.32 Å². The first-order valence-electron chi connectivity index (χ1n) is 2.50. The van der Waals surface area contributed by atoms with Crippen LogP contribution in [0.1, 0.15) is 0 Å². The minimum atomic E-state index is -4.40. The maximum absolute atomic E-state index is 11.6. The molecule has 1 atom stereocenters. The lowest BCUT2D eigenvalue weighted by Gasteiger charge is -2.10. The molecule has 1 saturated heterocycles. The van der Waals surface area contributed by atoms with Crippen LogP contribution in [0.15, 0.2) is 0 Å². The summed E-state index contributed by atoms with van der Waals surface area (Å²) in [6.07, 6.45) is -5.41. The van der Waals surface area contributed by atoms with Gasteiger partial charge in [0.15, 0.2) is 6.04 Å². The molecule has 0 radical (unpaired) electrons. The molecule has 0 spiro atoms. The molecule has 1 fully saturated rings. The Labute approximate surface area is 54.1 Å². The molecule has 0 unspecified atom stereocenters. The normalized spacial score (nSPS) is 25.9. The van der Waals surface area contributed by atoms with Crippen LogP contribution in [0.2, 0.25) is 0 Å². The van der Waals surface area contributed by atoms with Gasteiger partial charge < -0.3 is 10.1 Å². The fraction of sp³-hybridized carbons (Fsp3) is 0.750. The van der Waals surface area contributed by atoms with E-state index >= 15 is 0 Å². The Morgan fingerprint density at radius 2 is 2.20 bits per heavy atom. The fourth-order valence-corrected chi connectivity index (χ4v) is 0.561. The van der Waals surface area contributed by atoms with Crippen molar-refractivity contribution in [2.24, 2.45) is 0 Å². The molecule has 0 aromatic carbocycles. The van der Waals surface area contributed by atoms with E-state index < -0.39 is 24.9 Å². The zero-order valence-corrected chi connectivity index (χ0v) is 4.73. The molecule has 3 nitrogen and oxygen atoms in total. The van der Waals surface area contributed by atoms with Gasteiger partial charge in [0.1, 0.15) is 6.61 Å². The lowest BCUT2D eigenvalue weighted by Crippen LogP contribution is -2.40. The largest absolute Gasteiger partial charge is 0.447 e. The van der Waals surface area contributed by atoms with E-state index in [2.05, 4.69) is 4.74 Å². The summed E-state index contributed by atoms with van der Waals surface area (Å²) in [4.78, 5) is 10.1. The van der Waals surface area contributed by atoms with Gasteiger partial charge in [0.25, 0.3) is 0 Å². The summed E-state index contributed by atoms with van der Waals surface area (Å²) >= 11 is 0. The average molecular weight is 155 g/mol. The fourth-order valence-electron chi connectivity index (χ4n) is 0.561. The molecule has 1 aliphatic rings. The zero-order valence-electron chi connectivity index (χ0n) is 4.73. The number of carbonyl (C=O) groups is 1. The van der Waals surface area contributed by atoms with E-state index in [0.717, 1.165) is 0 Å². The third-order valence-electron chi connectivity index (χ3n) is 1.07. The Kier molecular flexibility index (Phi) is 1.46. The van der Waals surface area contributed by atoms with Crippen LogP contribution in [0.3, 0.4) is 0 Å². The van der Waals surface area contributed by atoms with Crippen LogP contribution >= 0.6 is 0 Å². The van der Waals surface area contributed by atoms with Crippen molar-refractivity contribution in [2.75, 3.05) is 6.61 Å². The highest BCUT2D eigenvalue weighted by Gasteiger charge is 2.45. The number of halogens is 3. The smallest absolute Gasteiger partial charge is 0.412 e. The third-order valence-corrected chi connectivity index (χ3v) is 1.07. The second-order valence-electron chi connectivity index (χ2n) is 1.84. The van der Waals surface area contributed by atoms with Gasteiger partial charge in [0, 0.05) is 0 Å². The number of alkyl halides is 3. The molecule has 0 aromatic heterocycles. The molecule has 1 aliphatic heterocycles. The zero-order chi connectivity index (χ0) is 7.78. The second kappa shape index (κ2) is 2.03. The van der Waals surface area contributed by atoms with E-state index in [1.165, 1.54) is 0 Å². The van der Waals surface area contributed by atoms with E-state index in [1.54, 1.807) is 5.32 Å². The number of alkyl carbamates (subject to hydrolysis) is 1. The van der Waals surface area contributed by atoms with E-state index in [-0.39, 0.29) is 0 Å². The van der Waals surface area contributed by atoms with Crippen molar-refractivity contribution in [1.29, 1.82) is 0 Å². The van der Waals surface area contributed by atoms with Crippen LogP contribution in [-0.2, 0) is 4.74 Å². The molecule has 1 N–H and O–H groups in total. The van der Waals surface area contributed by atoms with Gasteiger partial charge in [-0.2, -0.15) is 13.2 Å². The summed E-state index contributed by atoms with van der Waals surface area (Å²) in [7, 11) is 0. The van der Waals surface area contributed by atoms with Crippen LogP contribution in [0.4, 0.5) is 18.0 Å². The Hall–Kier alpha value is -0.940. The first kappa shape index (κ1) is 7.17. The van der Waals surface area contributed by atoms with Crippen LogP contribution in [0.5, 0.6) is 0 Å². The number of rotatable bonds is 0. The number of cyclic esters (lactones) is 1. The third kappa shape index (κ3) is 1.31. The SMILES string of the molecule is O=C1N[C@@H](C(F)(F)F)CO1. The molecule has 0 aromatic rings. The molecular formula is C4H4F3NO2. The predicted octanol–water partition coefficient (Wildman–Crippen LogP) is 0.657. The number of amides is 1. The number of hydrogen-bond donors (Lipinski definition) is 1. The quantitative estimate of drug-likeness (QED) is 0.557. The van der Waals surface area contributed by atoms with E-state index in [1.807, 2.05) is 0 Å². The number of ether oxygens (including phenoxy) is 1. The second-order valence-corrected chi connectivity index (χ2v) is 1.84. The molecule has 0 bridgehead atoms. The monoisotopic (exact) mass is 155 g/mol. The highest BCUT2D eigenvalue weighted by molar-refractivity contribution is 5.69. The van der Waals surface area contributed by atoms with E-state index in [9.17, 15) is 18.0 Å². The van der Waals surface area contributed by atoms with Gasteiger partial charge in [-0.3, -0.25) is 0 Å². The first-order valence-corrected chi connectivity index (χ1v) is 2.50. The molecule has 0 aliphatic carbocycles. The highest BCUT2D eigenvalue weighted by Crippen LogP contribution is 2.22. The van der Waals surface area contributed by atoms with Gasteiger partial charge in [0.05, 0.1) is 0 Å². The summed E-state index contributed by atoms with van der Waals surface area (Å²) in [5.74, 6) is 0. The van der Waals surface area contributed by atoms with Crippen LogP contribution in [0.25, 0.3) is 0 Å². The average Bonchev–Trinajstić information content (AvgIpc) is 2.11. The maximum Gasteiger partial charge on any atom is 0.412 e. The highest BCUT2D eigenvalue weighted by atomic mass is 19.4. The Balaban J connectivity index is 2.53. The van der Waals surface area contributed by atoms with E-state index in [0.29, 0.717) is 0 Å². The van der Waals surface area contributed by atoms with Crippen molar-refractivity contribution in [3.05, 3.63) is 0 Å². The molecule has 0 saturated carbocycles. The van der Waals surface area contributed by atoms with Crippen molar-refractivity contribution in [2.45, 2.75) is 12.2 Å². The van der Waals surface area contributed by atoms with Crippen molar-refractivity contribution < 1.29 is 22.7 Å². The predicted molar refractivity (Wildman–Crippen MR) is 24.3 cm³/mol. The summed E-state index contributed by atoms with van der Waals surface area (Å²) in [6.45, 7) is -0.623. The Bertz CT molecular complexity index is 155. The van der Waals surface area contributed by atoms with Gasteiger partial charge in [-0.1, -0.05) is 0 Å². The summed E-state index contributed by atoms with van der Waals surface area (Å²) in [6, 6.07) is -1.83. The van der Waals surface area contributed by atoms with Crippen LogP contribution in [0, 0.1) is 0 Å². The standard InChI is InChI=1S/C4H4F3NO2/c5-4(6,7)2-1-10-3(9)8-2/h2H,1H2,(H,8,9)/t2-/m1/s1. The topological polar surface area (TPSA) is 38.3 Å². The molecular weight excluding hydrogens is 151 g/mol. The summed E-state index contributed by atoms with van der Waals surface area (Å²) < 4.78 is 38.9. The number of carbonyl (C=O) groups excluding carboxylic acids is 1. The van der Waals surface area contributed by atoms with Gasteiger partial charge in [-0.25, -0.2) is 4.79 Å². The number of nitrogens with one attached hydrogen (secondary N) is 1. The maximum atomic E-state index is 11.6. The lowest BCUT2D eigenvalue weighted by atomic mass is 10.3. The van der Waals surface area contributed by atoms with E-state index in [4.69, 9.17) is 0 Å². The lowest BCUT2D eigenvalue weighted by molar-refractivity contribution is -0.152. The van der Waals surface area contributed by atoms with Crippen molar-refractivity contribution in [3.63, 3.8) is 0 Å². The summed E-state index contributed by atoms with van der Waals surface area (Å²) in [5.41, 5.74) is 0. The molecule has 58 valence electrons. The Morgan fingerprint density at radius 1 is 1.60 bits per heavy atom. The van der Waals surface area contributed by atoms with Gasteiger partial charge in [-0.05, 0) is 0 Å². The van der Waals surface area contributed by atoms with Crippen molar-refractivity contribution in [3.8, 4) is 0 Å². The molecule has 6 heteroatoms. The number of hydrogen-bond acceptors (Lipinski definition) is 2. The summed E-state index contributed by atoms with van der Waals surface area (Å²) in [5, 5.41) is 1.61. The van der Waals surface area contributed by atoms with Crippen LogP contribution in [-0.4, -0.2) is 24.9 Å². The minimum Gasteiger partial charge on any atom is -0.447 e. The van der Waals surface area contributed by atoms with Crippen molar-refractivity contribution >= 4 is 6.09 Å². The van der Waals surface area contributed by atoms with Gasteiger partial charge >= 0.3 is 12.3 Å². The van der Waals surface area contributed by atoms with Gasteiger partial charge in [-0.15, -0.1) is 0 Å². The Morgan fingerprint density at radius 3 is 2.40 bits per heavy atom.